The van der Waals surface area contributed by atoms with Gasteiger partial charge < -0.3 is 5.32 Å². The summed E-state index contributed by atoms with van der Waals surface area (Å²) in [5.74, 6) is 2.14. The van der Waals surface area contributed by atoms with Crippen molar-refractivity contribution in [3.8, 4) is 12.3 Å². The van der Waals surface area contributed by atoms with E-state index in [-0.39, 0.29) is 17.2 Å². The third-order valence-electron chi connectivity index (χ3n) is 2.10. The third-order valence-corrected chi connectivity index (χ3v) is 2.10. The van der Waals surface area contributed by atoms with Gasteiger partial charge in [0, 0.05) is 30.7 Å². The molecule has 0 aliphatic carbocycles. The molecule has 0 fully saturated rings. The van der Waals surface area contributed by atoms with Crippen LogP contribution in [-0.4, -0.2) is 17.4 Å². The summed E-state index contributed by atoms with van der Waals surface area (Å²) in [6.07, 6.45) is 6.36. The summed E-state index contributed by atoms with van der Waals surface area (Å²) < 4.78 is 0. The molecule has 0 aliphatic rings. The Kier molecular flexibility index (Phi) is 4.70. The van der Waals surface area contributed by atoms with E-state index in [1.807, 2.05) is 0 Å². The molecule has 17 heavy (non-hydrogen) atoms. The smallest absolute Gasteiger partial charge is 0.270 e. The highest BCUT2D eigenvalue weighted by molar-refractivity contribution is 5.94. The van der Waals surface area contributed by atoms with E-state index in [2.05, 4.69) is 11.2 Å². The predicted octanol–water partition coefficient (Wildman–Crippen LogP) is 1.74. The molecule has 5 nitrogen and oxygen atoms in total. The minimum absolute atomic E-state index is 0.0960. The molecule has 0 unspecified atom stereocenters. The minimum Gasteiger partial charge on any atom is -0.352 e. The summed E-state index contributed by atoms with van der Waals surface area (Å²) in [7, 11) is 0. The molecule has 88 valence electrons. The molecule has 0 saturated carbocycles. The number of carbonyl (C=O) groups excluding carboxylic acids is 1. The zero-order chi connectivity index (χ0) is 12.7. The number of nitro benzene ring substituents is 1. The fourth-order valence-electron chi connectivity index (χ4n) is 1.26. The molecule has 0 heterocycles. The number of amides is 1. The van der Waals surface area contributed by atoms with Crippen LogP contribution >= 0.6 is 0 Å². The number of rotatable bonds is 5. The zero-order valence-electron chi connectivity index (χ0n) is 9.18. The first kappa shape index (κ1) is 12.7. The maximum Gasteiger partial charge on any atom is 0.270 e. The normalized spacial score (nSPS) is 9.35. The number of non-ortho nitro benzene ring substituents is 1. The molecular weight excluding hydrogens is 220 g/mol. The summed E-state index contributed by atoms with van der Waals surface area (Å²) in [5.41, 5.74) is 0.182. The Morgan fingerprint density at radius 1 is 1.53 bits per heavy atom. The molecule has 0 aliphatic heterocycles. The summed E-state index contributed by atoms with van der Waals surface area (Å²) in [6.45, 7) is 0.464. The Bertz CT molecular complexity index is 463. The first-order valence-corrected chi connectivity index (χ1v) is 5.11. The van der Waals surface area contributed by atoms with Crippen LogP contribution in [0.3, 0.4) is 0 Å². The van der Waals surface area contributed by atoms with Crippen molar-refractivity contribution in [1.82, 2.24) is 5.32 Å². The number of terminal acetylenes is 1. The highest BCUT2D eigenvalue weighted by atomic mass is 16.6. The molecule has 0 spiro atoms. The number of nitro groups is 1. The maximum atomic E-state index is 11.6. The molecule has 1 N–H and O–H groups in total. The number of nitrogens with zero attached hydrogens (tertiary/aromatic N) is 1. The van der Waals surface area contributed by atoms with E-state index < -0.39 is 4.92 Å². The molecule has 5 heteroatoms. The van der Waals surface area contributed by atoms with E-state index >= 15 is 0 Å². The van der Waals surface area contributed by atoms with E-state index in [0.29, 0.717) is 19.4 Å². The fraction of sp³-hybridized carbons (Fsp3) is 0.250. The molecule has 1 rings (SSSR count). The average molecular weight is 232 g/mol. The lowest BCUT2D eigenvalue weighted by Gasteiger charge is -2.03. The number of hydrogen-bond acceptors (Lipinski definition) is 3. The number of hydrogen-bond donors (Lipinski definition) is 1. The van der Waals surface area contributed by atoms with Gasteiger partial charge in [0.25, 0.3) is 11.6 Å². The monoisotopic (exact) mass is 232 g/mol. The second-order valence-electron chi connectivity index (χ2n) is 3.37. The van der Waals surface area contributed by atoms with Crippen LogP contribution in [0.5, 0.6) is 0 Å². The van der Waals surface area contributed by atoms with Gasteiger partial charge in [0.05, 0.1) is 4.92 Å². The van der Waals surface area contributed by atoms with Crippen molar-refractivity contribution < 1.29 is 9.72 Å². The van der Waals surface area contributed by atoms with Gasteiger partial charge in [-0.05, 0) is 12.5 Å². The Morgan fingerprint density at radius 3 is 2.94 bits per heavy atom. The zero-order valence-corrected chi connectivity index (χ0v) is 9.18. The van der Waals surface area contributed by atoms with Crippen LogP contribution in [0.1, 0.15) is 23.2 Å². The maximum absolute atomic E-state index is 11.6. The summed E-state index contributed by atoms with van der Waals surface area (Å²) in [5, 5.41) is 13.2. The van der Waals surface area contributed by atoms with Gasteiger partial charge in [-0.2, -0.15) is 0 Å². The van der Waals surface area contributed by atoms with E-state index in [1.165, 1.54) is 24.3 Å². The van der Waals surface area contributed by atoms with Gasteiger partial charge in [0.1, 0.15) is 0 Å². The van der Waals surface area contributed by atoms with Crippen LogP contribution in [0.15, 0.2) is 24.3 Å². The third kappa shape index (κ3) is 3.95. The summed E-state index contributed by atoms with van der Waals surface area (Å²) in [6, 6.07) is 5.60. The van der Waals surface area contributed by atoms with Crippen LogP contribution in [-0.2, 0) is 0 Å². The lowest BCUT2D eigenvalue weighted by molar-refractivity contribution is -0.384. The SMILES string of the molecule is C#CCCCNC(=O)c1cccc([N+](=O)[O-])c1. The number of benzene rings is 1. The average Bonchev–Trinajstić information content (AvgIpc) is 2.34. The first-order valence-electron chi connectivity index (χ1n) is 5.11. The van der Waals surface area contributed by atoms with Crippen molar-refractivity contribution in [1.29, 1.82) is 0 Å². The Labute approximate surface area is 99.0 Å². The molecule has 0 radical (unpaired) electrons. The topological polar surface area (TPSA) is 72.2 Å². The highest BCUT2D eigenvalue weighted by Gasteiger charge is 2.10. The van der Waals surface area contributed by atoms with Crippen LogP contribution in [0.25, 0.3) is 0 Å². The van der Waals surface area contributed by atoms with Gasteiger partial charge in [-0.3, -0.25) is 14.9 Å². The highest BCUT2D eigenvalue weighted by Crippen LogP contribution is 2.12. The molecule has 1 aromatic rings. The van der Waals surface area contributed by atoms with Crippen LogP contribution in [0.4, 0.5) is 5.69 Å². The molecule has 0 saturated heterocycles. The van der Waals surface area contributed by atoms with Crippen LogP contribution < -0.4 is 5.32 Å². The molecule has 1 amide bonds. The largest absolute Gasteiger partial charge is 0.352 e. The van der Waals surface area contributed by atoms with Crippen LogP contribution in [0, 0.1) is 22.5 Å². The van der Waals surface area contributed by atoms with Gasteiger partial charge in [-0.1, -0.05) is 6.07 Å². The summed E-state index contributed by atoms with van der Waals surface area (Å²) >= 11 is 0. The van der Waals surface area contributed by atoms with Crippen molar-refractivity contribution in [2.24, 2.45) is 0 Å². The van der Waals surface area contributed by atoms with Gasteiger partial charge >= 0.3 is 0 Å². The van der Waals surface area contributed by atoms with E-state index in [0.717, 1.165) is 0 Å². The van der Waals surface area contributed by atoms with Crippen molar-refractivity contribution in [2.45, 2.75) is 12.8 Å². The Hall–Kier alpha value is -2.35. The molecule has 0 bridgehead atoms. The Morgan fingerprint density at radius 2 is 2.29 bits per heavy atom. The number of unbranched alkanes of at least 4 members (excludes halogenated alkanes) is 1. The van der Waals surface area contributed by atoms with Gasteiger partial charge in [0.15, 0.2) is 0 Å². The van der Waals surface area contributed by atoms with Crippen molar-refractivity contribution in [3.05, 3.63) is 39.9 Å². The van der Waals surface area contributed by atoms with Gasteiger partial charge in [-0.15, -0.1) is 12.3 Å². The van der Waals surface area contributed by atoms with Crippen molar-refractivity contribution in [3.63, 3.8) is 0 Å². The summed E-state index contributed by atoms with van der Waals surface area (Å²) in [4.78, 5) is 21.6. The number of carbonyl (C=O) groups is 1. The lowest BCUT2D eigenvalue weighted by atomic mass is 10.2. The molecule has 1 aromatic carbocycles. The molecular formula is C12H12N2O3. The Balaban J connectivity index is 2.60. The quantitative estimate of drug-likeness (QED) is 0.363. The van der Waals surface area contributed by atoms with Crippen molar-refractivity contribution >= 4 is 11.6 Å². The van der Waals surface area contributed by atoms with Crippen molar-refractivity contribution in [2.75, 3.05) is 6.54 Å². The second-order valence-corrected chi connectivity index (χ2v) is 3.37. The van der Waals surface area contributed by atoms with E-state index in [4.69, 9.17) is 6.42 Å². The first-order chi connectivity index (χ1) is 8.15. The lowest BCUT2D eigenvalue weighted by Crippen LogP contribution is -2.24. The van der Waals surface area contributed by atoms with Gasteiger partial charge in [-0.25, -0.2) is 0 Å². The molecule has 0 atom stereocenters. The van der Waals surface area contributed by atoms with E-state index in [1.54, 1.807) is 0 Å². The number of nitrogens with one attached hydrogen (secondary N) is 1. The van der Waals surface area contributed by atoms with Gasteiger partial charge in [0.2, 0.25) is 0 Å². The standard InChI is InChI=1S/C12H12N2O3/c1-2-3-4-8-13-12(15)10-6-5-7-11(9-10)14(16)17/h1,5-7,9H,3-4,8H2,(H,13,15). The molecule has 0 aromatic heterocycles. The van der Waals surface area contributed by atoms with Crippen LogP contribution in [0.2, 0.25) is 0 Å². The second kappa shape index (κ2) is 6.28. The fourth-order valence-corrected chi connectivity index (χ4v) is 1.26. The van der Waals surface area contributed by atoms with E-state index in [9.17, 15) is 14.9 Å². The predicted molar refractivity (Wildman–Crippen MR) is 63.5 cm³/mol. The minimum atomic E-state index is -0.533.